The molecule has 1 saturated heterocycles. The Morgan fingerprint density at radius 2 is 1.83 bits per heavy atom. The number of nitrogens with two attached hydrogens (primary N) is 1. The van der Waals surface area contributed by atoms with E-state index in [9.17, 15) is 9.59 Å². The maximum atomic E-state index is 13.5. The van der Waals surface area contributed by atoms with Crippen LogP contribution in [0.25, 0.3) is 32.9 Å². The van der Waals surface area contributed by atoms with Crippen LogP contribution in [0, 0.1) is 12.8 Å². The quantitative estimate of drug-likeness (QED) is 0.447. The molecular weight excluding hydrogens is 456 g/mol. The van der Waals surface area contributed by atoms with E-state index < -0.39 is 5.91 Å². The Balaban J connectivity index is 1.55. The van der Waals surface area contributed by atoms with Crippen molar-refractivity contribution < 1.29 is 18.8 Å². The second-order valence-corrected chi connectivity index (χ2v) is 10.4. The predicted octanol–water partition coefficient (Wildman–Crippen LogP) is 4.52. The number of hydrogen-bond donors (Lipinski definition) is 1. The number of fused-ring (bicyclic) bond motifs is 3. The third-order valence-electron chi connectivity index (χ3n) is 7.38. The van der Waals surface area contributed by atoms with Crippen LogP contribution in [0.1, 0.15) is 53.1 Å². The van der Waals surface area contributed by atoms with Gasteiger partial charge in [0.05, 0.1) is 29.0 Å². The van der Waals surface area contributed by atoms with Crippen LogP contribution in [0.15, 0.2) is 41.1 Å². The molecule has 2 aromatic heterocycles. The smallest absolute Gasteiger partial charge is 0.254 e. The number of nitrogens with zero attached hydrogens (tertiary/aromatic N) is 3. The minimum Gasteiger partial charge on any atom is -0.372 e. The van der Waals surface area contributed by atoms with Crippen LogP contribution >= 0.6 is 0 Å². The van der Waals surface area contributed by atoms with E-state index in [-0.39, 0.29) is 18.1 Å². The van der Waals surface area contributed by atoms with Crippen LogP contribution in [0.2, 0.25) is 0 Å². The van der Waals surface area contributed by atoms with E-state index in [1.807, 2.05) is 49.9 Å². The van der Waals surface area contributed by atoms with Crippen molar-refractivity contribution in [3.8, 4) is 11.1 Å². The van der Waals surface area contributed by atoms with Gasteiger partial charge in [0, 0.05) is 47.1 Å². The van der Waals surface area contributed by atoms with Crippen molar-refractivity contribution in [3.05, 3.63) is 53.4 Å². The molecule has 6 rings (SSSR count). The topological polar surface area (TPSA) is 104 Å². The number of benzene rings is 2. The van der Waals surface area contributed by atoms with Crippen molar-refractivity contribution >= 4 is 33.6 Å². The largest absolute Gasteiger partial charge is 0.372 e. The summed E-state index contributed by atoms with van der Waals surface area (Å²) in [5.74, 6) is 0.0752. The van der Waals surface area contributed by atoms with E-state index in [0.717, 1.165) is 58.0 Å². The minimum absolute atomic E-state index is 0.000149. The highest BCUT2D eigenvalue weighted by atomic mass is 16.5. The van der Waals surface area contributed by atoms with Gasteiger partial charge >= 0.3 is 0 Å². The molecule has 8 heteroatoms. The minimum atomic E-state index is -0.483. The first kappa shape index (κ1) is 22.8. The summed E-state index contributed by atoms with van der Waals surface area (Å²) < 4.78 is 13.2. The molecule has 8 nitrogen and oxygen atoms in total. The molecule has 36 heavy (non-hydrogen) atoms. The van der Waals surface area contributed by atoms with Crippen molar-refractivity contribution in [3.63, 3.8) is 0 Å². The molecule has 0 bridgehead atoms. The number of morpholine rings is 1. The van der Waals surface area contributed by atoms with Gasteiger partial charge in [-0.15, -0.1) is 0 Å². The summed E-state index contributed by atoms with van der Waals surface area (Å²) in [7, 11) is 0. The zero-order valence-corrected chi connectivity index (χ0v) is 20.8. The number of ether oxygens (including phenoxy) is 1. The van der Waals surface area contributed by atoms with Crippen molar-refractivity contribution in [2.45, 2.75) is 52.4 Å². The van der Waals surface area contributed by atoms with Gasteiger partial charge in [-0.1, -0.05) is 11.2 Å². The zero-order valence-electron chi connectivity index (χ0n) is 20.8. The number of carbonyl (C=O) groups excluding carboxylic acids is 2. The van der Waals surface area contributed by atoms with Crippen LogP contribution < -0.4 is 5.73 Å². The van der Waals surface area contributed by atoms with E-state index in [0.29, 0.717) is 30.1 Å². The van der Waals surface area contributed by atoms with Gasteiger partial charge in [0.25, 0.3) is 11.8 Å². The Kier molecular flexibility index (Phi) is 5.37. The first-order valence-electron chi connectivity index (χ1n) is 12.6. The van der Waals surface area contributed by atoms with Crippen molar-refractivity contribution in [2.75, 3.05) is 13.1 Å². The Hall–Kier alpha value is -3.65. The monoisotopic (exact) mass is 486 g/mol. The molecule has 1 aliphatic heterocycles. The Bertz CT molecular complexity index is 1500. The highest BCUT2D eigenvalue weighted by Crippen LogP contribution is 2.39. The van der Waals surface area contributed by atoms with E-state index in [1.165, 1.54) is 0 Å². The molecule has 4 aromatic rings. The molecule has 2 aromatic carbocycles. The average molecular weight is 487 g/mol. The van der Waals surface area contributed by atoms with Gasteiger partial charge < -0.3 is 24.5 Å². The average Bonchev–Trinajstić information content (AvgIpc) is 3.49. The Morgan fingerprint density at radius 3 is 2.47 bits per heavy atom. The van der Waals surface area contributed by atoms with Crippen LogP contribution in [-0.4, -0.2) is 51.7 Å². The molecule has 2 atom stereocenters. The van der Waals surface area contributed by atoms with Crippen molar-refractivity contribution in [1.82, 2.24) is 14.6 Å². The summed E-state index contributed by atoms with van der Waals surface area (Å²) in [5, 5.41) is 5.93. The van der Waals surface area contributed by atoms with E-state index in [2.05, 4.69) is 15.8 Å². The fourth-order valence-corrected chi connectivity index (χ4v) is 5.55. The summed E-state index contributed by atoms with van der Waals surface area (Å²) in [6, 6.07) is 9.75. The van der Waals surface area contributed by atoms with Crippen molar-refractivity contribution in [2.24, 2.45) is 11.7 Å². The molecule has 2 fully saturated rings. The van der Waals surface area contributed by atoms with Crippen LogP contribution in [0.4, 0.5) is 0 Å². The van der Waals surface area contributed by atoms with Gasteiger partial charge in [-0.3, -0.25) is 9.59 Å². The molecule has 2 aliphatic rings. The fraction of sp³-hybridized carbons (Fsp3) is 0.393. The van der Waals surface area contributed by atoms with Gasteiger partial charge in [-0.2, -0.15) is 0 Å². The number of aromatic nitrogens is 2. The number of amides is 2. The van der Waals surface area contributed by atoms with Crippen LogP contribution in [0.5, 0.6) is 0 Å². The summed E-state index contributed by atoms with van der Waals surface area (Å²) in [4.78, 5) is 28.1. The molecule has 186 valence electrons. The Morgan fingerprint density at radius 1 is 1.08 bits per heavy atom. The first-order valence-corrected chi connectivity index (χ1v) is 12.6. The highest BCUT2D eigenvalue weighted by molar-refractivity contribution is 6.17. The van der Waals surface area contributed by atoms with Gasteiger partial charge in [0.2, 0.25) is 0 Å². The van der Waals surface area contributed by atoms with Gasteiger partial charge in [0.15, 0.2) is 0 Å². The van der Waals surface area contributed by atoms with Gasteiger partial charge in [0.1, 0.15) is 6.26 Å². The molecule has 0 spiro atoms. The highest BCUT2D eigenvalue weighted by Gasteiger charge is 2.29. The SMILES string of the molecule is Cc1nocc1-c1cc(C(N)=O)c2c(c1)c1ccc(C(=O)N3CC(C)O[C@H](C)C3)cc1n2CC1CC1. The van der Waals surface area contributed by atoms with Crippen LogP contribution in [-0.2, 0) is 11.3 Å². The molecule has 3 heterocycles. The Labute approximate surface area is 209 Å². The molecular formula is C28H30N4O4. The lowest BCUT2D eigenvalue weighted by atomic mass is 9.99. The van der Waals surface area contributed by atoms with E-state index >= 15 is 0 Å². The van der Waals surface area contributed by atoms with E-state index in [4.69, 9.17) is 15.0 Å². The fourth-order valence-electron chi connectivity index (χ4n) is 5.55. The lowest BCUT2D eigenvalue weighted by molar-refractivity contribution is -0.0586. The number of aryl methyl sites for hydroxylation is 1. The second kappa shape index (κ2) is 8.48. The van der Waals surface area contributed by atoms with Gasteiger partial charge in [-0.25, -0.2) is 0 Å². The lowest BCUT2D eigenvalue weighted by Crippen LogP contribution is -2.48. The number of hydrogen-bond acceptors (Lipinski definition) is 5. The summed E-state index contributed by atoms with van der Waals surface area (Å²) in [6.07, 6.45) is 3.91. The summed E-state index contributed by atoms with van der Waals surface area (Å²) in [6.45, 7) is 7.78. The third-order valence-corrected chi connectivity index (χ3v) is 7.38. The maximum Gasteiger partial charge on any atom is 0.254 e. The number of carbonyl (C=O) groups is 2. The second-order valence-electron chi connectivity index (χ2n) is 10.4. The van der Waals surface area contributed by atoms with Crippen molar-refractivity contribution in [1.29, 1.82) is 0 Å². The first-order chi connectivity index (χ1) is 17.3. The normalized spacial score (nSPS) is 20.4. The maximum absolute atomic E-state index is 13.5. The number of rotatable bonds is 5. The molecule has 2 N–H and O–H groups in total. The third kappa shape index (κ3) is 3.86. The molecule has 1 aliphatic carbocycles. The molecule has 2 amide bonds. The zero-order chi connectivity index (χ0) is 25.1. The van der Waals surface area contributed by atoms with E-state index in [1.54, 1.807) is 6.26 Å². The van der Waals surface area contributed by atoms with Gasteiger partial charge in [-0.05, 0) is 69.4 Å². The lowest BCUT2D eigenvalue weighted by Gasteiger charge is -2.35. The summed E-state index contributed by atoms with van der Waals surface area (Å²) >= 11 is 0. The molecule has 1 unspecified atom stereocenters. The summed E-state index contributed by atoms with van der Waals surface area (Å²) in [5.41, 5.74) is 11.2. The molecule has 0 radical (unpaired) electrons. The predicted molar refractivity (Wildman–Crippen MR) is 137 cm³/mol. The van der Waals surface area contributed by atoms with Crippen LogP contribution in [0.3, 0.4) is 0 Å². The molecule has 1 saturated carbocycles. The standard InChI is InChI=1S/C28H30N4O4/c1-15-11-31(12-16(2)36-15)28(34)19-6-7-21-22-8-20(24-14-35-30-17(24)3)9-23(27(29)33)26(22)32(25(21)10-19)13-18-4-5-18/h6-10,14-16,18H,4-5,11-13H2,1-3H3,(H2,29,33)/t15-,16?/m1/s1. The number of primary amides is 1.